The van der Waals surface area contributed by atoms with Gasteiger partial charge in [-0.1, -0.05) is 18.5 Å². The van der Waals surface area contributed by atoms with Gasteiger partial charge in [-0.2, -0.15) is 5.26 Å². The lowest BCUT2D eigenvalue weighted by molar-refractivity contribution is -0.385. The molecule has 0 aliphatic heterocycles. The summed E-state index contributed by atoms with van der Waals surface area (Å²) in [6, 6.07) is 6.84. The first-order valence-corrected chi connectivity index (χ1v) is 6.40. The molecule has 0 saturated carbocycles. The maximum atomic E-state index is 11.0. The van der Waals surface area contributed by atoms with Crippen LogP contribution in [0.5, 0.6) is 0 Å². The lowest BCUT2D eigenvalue weighted by Crippen LogP contribution is -2.27. The average Bonchev–Trinajstić information content (AvgIpc) is 2.39. The van der Waals surface area contributed by atoms with Crippen LogP contribution in [0.25, 0.3) is 0 Å². The van der Waals surface area contributed by atoms with Crippen LogP contribution in [0.4, 0.5) is 5.69 Å². The van der Waals surface area contributed by atoms with Crippen molar-refractivity contribution in [1.82, 2.24) is 4.90 Å². The van der Waals surface area contributed by atoms with Gasteiger partial charge in [0.05, 0.1) is 16.9 Å². The van der Waals surface area contributed by atoms with Crippen molar-refractivity contribution in [3.8, 4) is 6.07 Å². The Morgan fingerprint density at radius 1 is 1.58 bits per heavy atom. The third-order valence-electron chi connectivity index (χ3n) is 2.84. The summed E-state index contributed by atoms with van der Waals surface area (Å²) in [7, 11) is 0. The van der Waals surface area contributed by atoms with Gasteiger partial charge in [-0.25, -0.2) is 0 Å². The van der Waals surface area contributed by atoms with E-state index in [1.54, 1.807) is 12.1 Å². The highest BCUT2D eigenvalue weighted by atomic mass is 35.5. The number of rotatable bonds is 6. The summed E-state index contributed by atoms with van der Waals surface area (Å²) < 4.78 is 0. The maximum absolute atomic E-state index is 11.0. The molecular formula is C13H16ClN3O2. The Labute approximate surface area is 117 Å². The molecule has 1 atom stereocenters. The summed E-state index contributed by atoms with van der Waals surface area (Å²) in [5, 5.41) is 20.2. The summed E-state index contributed by atoms with van der Waals surface area (Å²) in [4.78, 5) is 12.6. The van der Waals surface area contributed by atoms with E-state index >= 15 is 0 Å². The van der Waals surface area contributed by atoms with Crippen LogP contribution in [-0.4, -0.2) is 22.9 Å². The molecule has 6 heteroatoms. The lowest BCUT2D eigenvalue weighted by Gasteiger charge is -2.21. The predicted octanol–water partition coefficient (Wildman–Crippen LogP) is 3.23. The van der Waals surface area contributed by atoms with Gasteiger partial charge in [-0.3, -0.25) is 15.0 Å². The van der Waals surface area contributed by atoms with E-state index in [4.69, 9.17) is 16.9 Å². The molecule has 0 aliphatic carbocycles. The summed E-state index contributed by atoms with van der Waals surface area (Å²) in [5.74, 6) is -0.105. The third kappa shape index (κ3) is 4.51. The first-order valence-electron chi connectivity index (χ1n) is 6.02. The highest BCUT2D eigenvalue weighted by Gasteiger charge is 2.17. The lowest BCUT2D eigenvalue weighted by atomic mass is 10.1. The number of nitrogens with zero attached hydrogens (tertiary/aromatic N) is 3. The Morgan fingerprint density at radius 2 is 2.26 bits per heavy atom. The van der Waals surface area contributed by atoms with E-state index in [-0.39, 0.29) is 11.6 Å². The van der Waals surface area contributed by atoms with Crippen LogP contribution in [0, 0.1) is 27.4 Å². The zero-order valence-electron chi connectivity index (χ0n) is 11.0. The number of nitriles is 1. The Kier molecular flexibility index (Phi) is 5.74. The van der Waals surface area contributed by atoms with Crippen molar-refractivity contribution in [3.63, 3.8) is 0 Å². The van der Waals surface area contributed by atoms with Gasteiger partial charge in [-0.15, -0.1) is 0 Å². The van der Waals surface area contributed by atoms with E-state index in [1.807, 2.05) is 18.7 Å². The molecule has 0 spiro atoms. The minimum Gasteiger partial charge on any atom is -0.298 e. The topological polar surface area (TPSA) is 70.2 Å². The molecule has 0 fully saturated rings. The van der Waals surface area contributed by atoms with Gasteiger partial charge in [-0.05, 0) is 25.6 Å². The van der Waals surface area contributed by atoms with Crippen LogP contribution in [0.15, 0.2) is 18.2 Å². The summed E-state index contributed by atoms with van der Waals surface area (Å²) in [5.41, 5.74) is 0.636. The highest BCUT2D eigenvalue weighted by Crippen LogP contribution is 2.24. The molecule has 1 rings (SSSR count). The number of benzene rings is 1. The van der Waals surface area contributed by atoms with Gasteiger partial charge in [0, 0.05) is 29.7 Å². The Morgan fingerprint density at radius 3 is 2.79 bits per heavy atom. The number of hydrogen-bond donors (Lipinski definition) is 0. The van der Waals surface area contributed by atoms with Gasteiger partial charge in [0.1, 0.15) is 0 Å². The van der Waals surface area contributed by atoms with E-state index in [2.05, 4.69) is 6.07 Å². The van der Waals surface area contributed by atoms with Crippen molar-refractivity contribution < 1.29 is 4.92 Å². The van der Waals surface area contributed by atoms with Crippen molar-refractivity contribution in [2.45, 2.75) is 20.4 Å². The molecule has 0 heterocycles. The molecule has 0 bridgehead atoms. The van der Waals surface area contributed by atoms with E-state index in [9.17, 15) is 10.1 Å². The number of nitro benzene ring substituents is 1. The van der Waals surface area contributed by atoms with Crippen LogP contribution < -0.4 is 0 Å². The zero-order valence-corrected chi connectivity index (χ0v) is 11.7. The smallest absolute Gasteiger partial charge is 0.275 e. The molecule has 0 aromatic heterocycles. The van der Waals surface area contributed by atoms with Gasteiger partial charge >= 0.3 is 0 Å². The molecule has 5 nitrogen and oxygen atoms in total. The molecule has 102 valence electrons. The Balaban J connectivity index is 2.91. The summed E-state index contributed by atoms with van der Waals surface area (Å²) >= 11 is 5.78. The quantitative estimate of drug-likeness (QED) is 0.593. The predicted molar refractivity (Wildman–Crippen MR) is 73.8 cm³/mol. The van der Waals surface area contributed by atoms with Crippen molar-refractivity contribution in [2.75, 3.05) is 13.1 Å². The molecule has 1 aromatic carbocycles. The first-order chi connectivity index (χ1) is 8.97. The molecule has 0 aliphatic rings. The van der Waals surface area contributed by atoms with Gasteiger partial charge in [0.2, 0.25) is 0 Å². The zero-order chi connectivity index (χ0) is 14.4. The molecule has 0 radical (unpaired) electrons. The van der Waals surface area contributed by atoms with Crippen molar-refractivity contribution >= 4 is 17.3 Å². The van der Waals surface area contributed by atoms with Crippen LogP contribution in [0.3, 0.4) is 0 Å². The highest BCUT2D eigenvalue weighted by molar-refractivity contribution is 6.30. The van der Waals surface area contributed by atoms with Crippen LogP contribution >= 0.6 is 11.6 Å². The minimum atomic E-state index is -0.428. The second-order valence-corrected chi connectivity index (χ2v) is 4.82. The number of halogens is 1. The fourth-order valence-electron chi connectivity index (χ4n) is 1.82. The molecule has 1 unspecified atom stereocenters. The van der Waals surface area contributed by atoms with Crippen molar-refractivity contribution in [1.29, 1.82) is 5.26 Å². The Hall–Kier alpha value is -1.64. The monoisotopic (exact) mass is 281 g/mol. The Bertz CT molecular complexity index is 499. The standard InChI is InChI=1S/C13H16ClN3O2/c1-3-16(8-10(2)7-15)9-11-4-5-12(14)6-13(11)17(18)19/h4-6,10H,3,8-9H2,1-2H3. The normalized spacial score (nSPS) is 12.2. The van der Waals surface area contributed by atoms with Gasteiger partial charge < -0.3 is 0 Å². The maximum Gasteiger partial charge on any atom is 0.275 e. The van der Waals surface area contributed by atoms with Crippen LogP contribution in [-0.2, 0) is 6.54 Å². The fraction of sp³-hybridized carbons (Fsp3) is 0.462. The first kappa shape index (κ1) is 15.4. The third-order valence-corrected chi connectivity index (χ3v) is 3.07. The van der Waals surface area contributed by atoms with Crippen LogP contribution in [0.2, 0.25) is 5.02 Å². The molecule has 0 amide bonds. The molecule has 19 heavy (non-hydrogen) atoms. The minimum absolute atomic E-state index is 0.0237. The largest absolute Gasteiger partial charge is 0.298 e. The van der Waals surface area contributed by atoms with Gasteiger partial charge in [0.15, 0.2) is 0 Å². The molecule has 1 aromatic rings. The summed E-state index contributed by atoms with van der Waals surface area (Å²) in [6.45, 7) is 5.55. The fourth-order valence-corrected chi connectivity index (χ4v) is 1.98. The second-order valence-electron chi connectivity index (χ2n) is 4.39. The summed E-state index contributed by atoms with van der Waals surface area (Å²) in [6.07, 6.45) is 0. The number of hydrogen-bond acceptors (Lipinski definition) is 4. The van der Waals surface area contributed by atoms with E-state index in [0.29, 0.717) is 23.7 Å². The van der Waals surface area contributed by atoms with Crippen molar-refractivity contribution in [3.05, 3.63) is 38.9 Å². The van der Waals surface area contributed by atoms with Crippen molar-refractivity contribution in [2.24, 2.45) is 5.92 Å². The van der Waals surface area contributed by atoms with Crippen LogP contribution in [0.1, 0.15) is 19.4 Å². The van der Waals surface area contributed by atoms with Gasteiger partial charge in [0.25, 0.3) is 5.69 Å². The number of nitro groups is 1. The van der Waals surface area contributed by atoms with E-state index < -0.39 is 4.92 Å². The molecule has 0 saturated heterocycles. The van der Waals surface area contributed by atoms with E-state index in [1.165, 1.54) is 6.07 Å². The molecule has 0 N–H and O–H groups in total. The average molecular weight is 282 g/mol. The SMILES string of the molecule is CCN(Cc1ccc(Cl)cc1[N+](=O)[O-])CC(C)C#N. The second kappa shape index (κ2) is 7.07. The van der Waals surface area contributed by atoms with E-state index in [0.717, 1.165) is 6.54 Å². The molecular weight excluding hydrogens is 266 g/mol.